The van der Waals surface area contributed by atoms with E-state index in [4.69, 9.17) is 4.74 Å². The lowest BCUT2D eigenvalue weighted by Gasteiger charge is -2.02. The molecule has 0 bridgehead atoms. The van der Waals surface area contributed by atoms with Gasteiger partial charge in [0.15, 0.2) is 0 Å². The van der Waals surface area contributed by atoms with E-state index in [9.17, 15) is 0 Å². The molecule has 0 atom stereocenters. The van der Waals surface area contributed by atoms with Crippen LogP contribution in [-0.2, 0) is 4.74 Å². The highest BCUT2D eigenvalue weighted by atomic mass is 16.5. The number of hydrogen-bond donors (Lipinski definition) is 0. The molecule has 0 rings (SSSR count). The average Bonchev–Trinajstić information content (AvgIpc) is 2.23. The first-order chi connectivity index (χ1) is 6.22. The van der Waals surface area contributed by atoms with E-state index in [1.807, 2.05) is 48.5 Å². The maximum Gasteiger partial charge on any atom is 0.114 e. The van der Waals surface area contributed by atoms with Gasteiger partial charge in [-0.1, -0.05) is 27.7 Å². The Morgan fingerprint density at radius 3 is 1.77 bits per heavy atom. The van der Waals surface area contributed by atoms with Gasteiger partial charge >= 0.3 is 0 Å². The minimum atomic E-state index is 0.693. The van der Waals surface area contributed by atoms with E-state index in [1.54, 1.807) is 0 Å². The van der Waals surface area contributed by atoms with Gasteiger partial charge in [-0.05, 0) is 27.5 Å². The van der Waals surface area contributed by atoms with Crippen molar-refractivity contribution in [2.24, 2.45) is 4.99 Å². The molecule has 0 N–H and O–H groups in total. The van der Waals surface area contributed by atoms with Crippen molar-refractivity contribution in [3.8, 4) is 0 Å². The zero-order valence-electron chi connectivity index (χ0n) is 10.3. The topological polar surface area (TPSA) is 21.6 Å². The van der Waals surface area contributed by atoms with Crippen LogP contribution in [0.25, 0.3) is 0 Å². The van der Waals surface area contributed by atoms with E-state index in [0.29, 0.717) is 6.61 Å². The number of nitrogens with zero attached hydrogens (tertiary/aromatic N) is 1. The third-order valence-corrected chi connectivity index (χ3v) is 1.11. The Hall–Kier alpha value is -0.790. The van der Waals surface area contributed by atoms with Gasteiger partial charge in [-0.2, -0.15) is 0 Å². The number of rotatable bonds is 3. The van der Waals surface area contributed by atoms with E-state index in [2.05, 4.69) is 11.7 Å². The van der Waals surface area contributed by atoms with Crippen molar-refractivity contribution in [1.82, 2.24) is 0 Å². The third-order valence-electron chi connectivity index (χ3n) is 1.11. The molecule has 80 valence electrons. The molecule has 0 saturated carbocycles. The first kappa shape index (κ1) is 18.1. The van der Waals surface area contributed by atoms with Crippen molar-refractivity contribution in [2.75, 3.05) is 6.61 Å². The minimum absolute atomic E-state index is 0.693. The second-order valence-corrected chi connectivity index (χ2v) is 1.73. The molecule has 0 spiro atoms. The Labute approximate surface area is 83.7 Å². The zero-order chi connectivity index (χ0) is 11.3. The summed E-state index contributed by atoms with van der Waals surface area (Å²) in [4.78, 5) is 3.71. The van der Waals surface area contributed by atoms with Crippen molar-refractivity contribution in [3.05, 3.63) is 11.5 Å². The number of hydrogen-bond acceptors (Lipinski definition) is 2. The van der Waals surface area contributed by atoms with Gasteiger partial charge < -0.3 is 4.74 Å². The van der Waals surface area contributed by atoms with E-state index < -0.39 is 0 Å². The van der Waals surface area contributed by atoms with Crippen molar-refractivity contribution < 1.29 is 4.74 Å². The number of aliphatic imine (C=N–C) groups is 1. The summed E-state index contributed by atoms with van der Waals surface area (Å²) in [5.41, 5.74) is 0.858. The molecule has 0 aromatic rings. The maximum atomic E-state index is 5.14. The number of ether oxygens (including phenoxy) is 1. The molecular weight excluding hydrogens is 162 g/mol. The molecular formula is C11H25NO. The van der Waals surface area contributed by atoms with Crippen molar-refractivity contribution in [3.63, 3.8) is 0 Å². The van der Waals surface area contributed by atoms with Gasteiger partial charge in [0.2, 0.25) is 0 Å². The zero-order valence-corrected chi connectivity index (χ0v) is 10.3. The Bertz CT molecular complexity index is 128. The Kier molecular flexibility index (Phi) is 24.1. The lowest BCUT2D eigenvalue weighted by atomic mass is 10.4. The van der Waals surface area contributed by atoms with Crippen molar-refractivity contribution in [2.45, 2.75) is 48.5 Å². The molecule has 0 aliphatic rings. The van der Waals surface area contributed by atoms with E-state index >= 15 is 0 Å². The SMILES string of the molecule is C=N/C(C)=C(/C)OCC.CC.CC. The monoisotopic (exact) mass is 187 g/mol. The van der Waals surface area contributed by atoms with Crippen LogP contribution in [0.2, 0.25) is 0 Å². The molecule has 0 aliphatic heterocycles. The summed E-state index contributed by atoms with van der Waals surface area (Å²) in [5, 5.41) is 0. The molecule has 13 heavy (non-hydrogen) atoms. The van der Waals surface area contributed by atoms with Crippen LogP contribution in [-0.4, -0.2) is 13.3 Å². The minimum Gasteiger partial charge on any atom is -0.497 e. The summed E-state index contributed by atoms with van der Waals surface area (Å²) in [5.74, 6) is 0.854. The number of allylic oxidation sites excluding steroid dienone is 2. The standard InChI is InChI=1S/C7H13NO.2C2H6/c1-5-9-7(3)6(2)8-4;2*1-2/h4-5H2,1-3H3;2*1-2H3/b7-6-;;. The molecule has 0 aliphatic carbocycles. The van der Waals surface area contributed by atoms with E-state index in [1.165, 1.54) is 0 Å². The fourth-order valence-electron chi connectivity index (χ4n) is 0.432. The van der Waals surface area contributed by atoms with Gasteiger partial charge in [-0.15, -0.1) is 0 Å². The third kappa shape index (κ3) is 14.1. The van der Waals surface area contributed by atoms with Crippen molar-refractivity contribution >= 4 is 6.72 Å². The highest BCUT2D eigenvalue weighted by molar-refractivity contribution is 5.28. The van der Waals surface area contributed by atoms with Crippen LogP contribution in [0.1, 0.15) is 48.5 Å². The van der Waals surface area contributed by atoms with Crippen molar-refractivity contribution in [1.29, 1.82) is 0 Å². The van der Waals surface area contributed by atoms with Crippen LogP contribution in [0.3, 0.4) is 0 Å². The predicted molar refractivity (Wildman–Crippen MR) is 62.2 cm³/mol. The molecule has 2 nitrogen and oxygen atoms in total. The van der Waals surface area contributed by atoms with Crippen LogP contribution < -0.4 is 0 Å². The van der Waals surface area contributed by atoms with Gasteiger partial charge in [0.25, 0.3) is 0 Å². The summed E-state index contributed by atoms with van der Waals surface area (Å²) in [6.07, 6.45) is 0. The maximum absolute atomic E-state index is 5.14. The molecule has 0 heterocycles. The fraction of sp³-hybridized carbons (Fsp3) is 0.727. The second-order valence-electron chi connectivity index (χ2n) is 1.73. The Morgan fingerprint density at radius 2 is 1.54 bits per heavy atom. The summed E-state index contributed by atoms with van der Waals surface area (Å²) < 4.78 is 5.14. The van der Waals surface area contributed by atoms with Gasteiger partial charge in [-0.3, -0.25) is 4.99 Å². The average molecular weight is 187 g/mol. The fourth-order valence-corrected chi connectivity index (χ4v) is 0.432. The highest BCUT2D eigenvalue weighted by Gasteiger charge is 1.90. The quantitative estimate of drug-likeness (QED) is 0.483. The van der Waals surface area contributed by atoms with Gasteiger partial charge in [0.1, 0.15) is 5.76 Å². The molecule has 0 amide bonds. The van der Waals surface area contributed by atoms with Gasteiger partial charge in [0, 0.05) is 0 Å². The largest absolute Gasteiger partial charge is 0.497 e. The van der Waals surface area contributed by atoms with Crippen LogP contribution >= 0.6 is 0 Å². The van der Waals surface area contributed by atoms with Crippen LogP contribution in [0.5, 0.6) is 0 Å². The lowest BCUT2D eigenvalue weighted by molar-refractivity contribution is 0.227. The van der Waals surface area contributed by atoms with E-state index in [-0.39, 0.29) is 0 Å². The Balaban J connectivity index is -0.000000218. The van der Waals surface area contributed by atoms with E-state index in [0.717, 1.165) is 11.5 Å². The summed E-state index contributed by atoms with van der Waals surface area (Å²) in [6, 6.07) is 0. The molecule has 0 aromatic heterocycles. The molecule has 0 fully saturated rings. The first-order valence-corrected chi connectivity index (χ1v) is 4.99. The summed E-state index contributed by atoms with van der Waals surface area (Å²) in [7, 11) is 0. The first-order valence-electron chi connectivity index (χ1n) is 4.99. The van der Waals surface area contributed by atoms with Gasteiger partial charge in [-0.25, -0.2) is 0 Å². The molecule has 0 aromatic carbocycles. The molecule has 2 heteroatoms. The molecule has 0 saturated heterocycles. The smallest absolute Gasteiger partial charge is 0.114 e. The van der Waals surface area contributed by atoms with Crippen LogP contribution in [0.4, 0.5) is 0 Å². The second kappa shape index (κ2) is 17.3. The highest BCUT2D eigenvalue weighted by Crippen LogP contribution is 2.03. The van der Waals surface area contributed by atoms with Crippen LogP contribution in [0.15, 0.2) is 16.4 Å². The molecule has 0 radical (unpaired) electrons. The van der Waals surface area contributed by atoms with Gasteiger partial charge in [0.05, 0.1) is 12.3 Å². The normalized spacial score (nSPS) is 9.46. The lowest BCUT2D eigenvalue weighted by Crippen LogP contribution is -1.88. The summed E-state index contributed by atoms with van der Waals surface area (Å²) >= 11 is 0. The molecule has 0 unspecified atom stereocenters. The summed E-state index contributed by atoms with van der Waals surface area (Å²) in [6.45, 7) is 17.8. The Morgan fingerprint density at radius 1 is 1.15 bits per heavy atom. The van der Waals surface area contributed by atoms with Crippen LogP contribution in [0, 0.1) is 0 Å². The predicted octanol–water partition coefficient (Wildman–Crippen LogP) is 4.03.